The number of hydrogen-bond acceptors (Lipinski definition) is 3. The average Bonchev–Trinajstić information content (AvgIpc) is 2.89. The SMILES string of the molecule is O=C(CCC(F)(F)F)N1CC2(CC(c3ccccc3)=NO2)C1. The predicted molar refractivity (Wildman–Crippen MR) is 73.3 cm³/mol. The van der Waals surface area contributed by atoms with Crippen LogP contribution in [-0.2, 0) is 9.63 Å². The number of benzene rings is 1. The highest BCUT2D eigenvalue weighted by Crippen LogP contribution is 2.36. The second-order valence-corrected chi connectivity index (χ2v) is 5.72. The van der Waals surface area contributed by atoms with E-state index < -0.39 is 30.5 Å². The molecule has 1 fully saturated rings. The van der Waals surface area contributed by atoms with Gasteiger partial charge in [0.25, 0.3) is 0 Å². The first-order valence-corrected chi connectivity index (χ1v) is 7.02. The quantitative estimate of drug-likeness (QED) is 0.861. The summed E-state index contributed by atoms with van der Waals surface area (Å²) in [6.07, 6.45) is -5.32. The molecule has 0 aromatic heterocycles. The lowest BCUT2D eigenvalue weighted by Crippen LogP contribution is -2.63. The summed E-state index contributed by atoms with van der Waals surface area (Å²) in [6.45, 7) is 0.590. The molecular formula is C15H15F3N2O2. The highest BCUT2D eigenvalue weighted by molar-refractivity contribution is 6.01. The van der Waals surface area contributed by atoms with Gasteiger partial charge in [-0.15, -0.1) is 0 Å². The molecule has 22 heavy (non-hydrogen) atoms. The summed E-state index contributed by atoms with van der Waals surface area (Å²) in [4.78, 5) is 18.5. The molecule has 0 aliphatic carbocycles. The predicted octanol–water partition coefficient (Wildman–Crippen LogP) is 2.73. The van der Waals surface area contributed by atoms with Crippen LogP contribution in [0.25, 0.3) is 0 Å². The van der Waals surface area contributed by atoms with Crippen LogP contribution in [0.15, 0.2) is 35.5 Å². The molecular weight excluding hydrogens is 297 g/mol. The van der Waals surface area contributed by atoms with Crippen molar-refractivity contribution in [3.63, 3.8) is 0 Å². The Morgan fingerprint density at radius 2 is 1.95 bits per heavy atom. The third-order valence-corrected chi connectivity index (χ3v) is 3.88. The van der Waals surface area contributed by atoms with Crippen molar-refractivity contribution < 1.29 is 22.8 Å². The molecule has 0 unspecified atom stereocenters. The molecule has 0 saturated carbocycles. The van der Waals surface area contributed by atoms with E-state index in [1.54, 1.807) is 0 Å². The van der Waals surface area contributed by atoms with Crippen molar-refractivity contribution in [3.8, 4) is 0 Å². The first-order chi connectivity index (χ1) is 10.4. The molecule has 2 heterocycles. The lowest BCUT2D eigenvalue weighted by Gasteiger charge is -2.45. The van der Waals surface area contributed by atoms with Gasteiger partial charge in [0.05, 0.1) is 25.2 Å². The van der Waals surface area contributed by atoms with E-state index in [4.69, 9.17) is 4.84 Å². The molecule has 1 aromatic rings. The van der Waals surface area contributed by atoms with Crippen molar-refractivity contribution in [2.75, 3.05) is 13.1 Å². The summed E-state index contributed by atoms with van der Waals surface area (Å²) in [5.74, 6) is -0.486. The molecule has 1 aromatic carbocycles. The Bertz CT molecular complexity index is 593. The Hall–Kier alpha value is -2.05. The summed E-state index contributed by atoms with van der Waals surface area (Å²) in [5, 5.41) is 4.06. The summed E-state index contributed by atoms with van der Waals surface area (Å²) in [6, 6.07) is 9.55. The monoisotopic (exact) mass is 312 g/mol. The molecule has 1 spiro atoms. The van der Waals surface area contributed by atoms with E-state index in [2.05, 4.69) is 5.16 Å². The second kappa shape index (κ2) is 5.30. The molecule has 4 nitrogen and oxygen atoms in total. The fourth-order valence-corrected chi connectivity index (χ4v) is 2.71. The minimum absolute atomic E-state index is 0.295. The zero-order valence-electron chi connectivity index (χ0n) is 11.8. The minimum Gasteiger partial charge on any atom is -0.385 e. The van der Waals surface area contributed by atoms with Gasteiger partial charge in [0.15, 0.2) is 5.60 Å². The molecule has 0 atom stereocenters. The van der Waals surface area contributed by atoms with Gasteiger partial charge in [-0.3, -0.25) is 4.79 Å². The Morgan fingerprint density at radius 1 is 1.27 bits per heavy atom. The van der Waals surface area contributed by atoms with Gasteiger partial charge in [-0.25, -0.2) is 0 Å². The van der Waals surface area contributed by atoms with E-state index in [9.17, 15) is 18.0 Å². The first kappa shape index (κ1) is 14.9. The third-order valence-electron chi connectivity index (χ3n) is 3.88. The van der Waals surface area contributed by atoms with Gasteiger partial charge in [0, 0.05) is 12.8 Å². The zero-order valence-corrected chi connectivity index (χ0v) is 11.8. The number of carbonyl (C=O) groups excluding carboxylic acids is 1. The van der Waals surface area contributed by atoms with Crippen LogP contribution in [0.5, 0.6) is 0 Å². The molecule has 2 aliphatic rings. The fraction of sp³-hybridized carbons (Fsp3) is 0.467. The van der Waals surface area contributed by atoms with Crippen molar-refractivity contribution in [2.45, 2.75) is 31.0 Å². The van der Waals surface area contributed by atoms with Crippen molar-refractivity contribution in [1.82, 2.24) is 4.90 Å². The highest BCUT2D eigenvalue weighted by atomic mass is 19.4. The van der Waals surface area contributed by atoms with Gasteiger partial charge in [0.1, 0.15) is 0 Å². The number of nitrogens with zero attached hydrogens (tertiary/aromatic N) is 2. The Labute approximate surface area is 125 Å². The molecule has 1 saturated heterocycles. The van der Waals surface area contributed by atoms with Crippen LogP contribution in [0.3, 0.4) is 0 Å². The number of carbonyl (C=O) groups is 1. The average molecular weight is 312 g/mol. The number of alkyl halides is 3. The normalized spacial score (nSPS) is 19.6. The smallest absolute Gasteiger partial charge is 0.385 e. The van der Waals surface area contributed by atoms with Gasteiger partial charge < -0.3 is 9.74 Å². The van der Waals surface area contributed by atoms with Gasteiger partial charge in [0.2, 0.25) is 5.91 Å². The zero-order chi connectivity index (χ0) is 15.8. The second-order valence-electron chi connectivity index (χ2n) is 5.72. The number of rotatable bonds is 3. The van der Waals surface area contributed by atoms with Gasteiger partial charge in [-0.05, 0) is 5.56 Å². The van der Waals surface area contributed by atoms with Crippen molar-refractivity contribution in [3.05, 3.63) is 35.9 Å². The molecule has 1 amide bonds. The lowest BCUT2D eigenvalue weighted by molar-refractivity contribution is -0.169. The van der Waals surface area contributed by atoms with Gasteiger partial charge >= 0.3 is 6.18 Å². The topological polar surface area (TPSA) is 41.9 Å². The highest BCUT2D eigenvalue weighted by Gasteiger charge is 2.51. The number of amides is 1. The Balaban J connectivity index is 1.51. The van der Waals surface area contributed by atoms with E-state index in [1.165, 1.54) is 4.90 Å². The van der Waals surface area contributed by atoms with Gasteiger partial charge in [-0.1, -0.05) is 35.5 Å². The van der Waals surface area contributed by atoms with E-state index in [-0.39, 0.29) is 0 Å². The van der Waals surface area contributed by atoms with Crippen LogP contribution < -0.4 is 0 Å². The minimum atomic E-state index is -4.30. The fourth-order valence-electron chi connectivity index (χ4n) is 2.71. The largest absolute Gasteiger partial charge is 0.389 e. The molecule has 3 rings (SSSR count). The van der Waals surface area contributed by atoms with Crippen LogP contribution in [-0.4, -0.2) is 41.4 Å². The third kappa shape index (κ3) is 3.08. The molecule has 0 bridgehead atoms. The van der Waals surface area contributed by atoms with E-state index >= 15 is 0 Å². The van der Waals surface area contributed by atoms with Crippen molar-refractivity contribution in [1.29, 1.82) is 0 Å². The first-order valence-electron chi connectivity index (χ1n) is 7.02. The van der Waals surface area contributed by atoms with Crippen LogP contribution in [0.1, 0.15) is 24.8 Å². The Kier molecular flexibility index (Phi) is 3.58. The summed E-state index contributed by atoms with van der Waals surface area (Å²) in [7, 11) is 0. The van der Waals surface area contributed by atoms with E-state index in [1.807, 2.05) is 30.3 Å². The molecule has 2 aliphatic heterocycles. The van der Waals surface area contributed by atoms with Crippen LogP contribution in [0, 0.1) is 0 Å². The maximum absolute atomic E-state index is 12.1. The molecule has 0 N–H and O–H groups in total. The number of likely N-dealkylation sites (tertiary alicyclic amines) is 1. The molecule has 0 radical (unpaired) electrons. The number of halogens is 3. The lowest BCUT2D eigenvalue weighted by atomic mass is 9.87. The maximum atomic E-state index is 12.1. The van der Waals surface area contributed by atoms with E-state index in [0.717, 1.165) is 11.3 Å². The standard InChI is InChI=1S/C15H15F3N2O2/c16-15(17,18)7-6-13(21)20-9-14(10-20)8-12(19-22-14)11-4-2-1-3-5-11/h1-5H,6-10H2. The van der Waals surface area contributed by atoms with Crippen LogP contribution in [0.2, 0.25) is 0 Å². The summed E-state index contributed by atoms with van der Waals surface area (Å²) < 4.78 is 36.4. The van der Waals surface area contributed by atoms with Gasteiger partial charge in [-0.2, -0.15) is 13.2 Å². The van der Waals surface area contributed by atoms with Crippen LogP contribution >= 0.6 is 0 Å². The maximum Gasteiger partial charge on any atom is 0.389 e. The summed E-state index contributed by atoms with van der Waals surface area (Å²) in [5.41, 5.74) is 1.21. The number of oxime groups is 1. The van der Waals surface area contributed by atoms with Crippen molar-refractivity contribution >= 4 is 11.6 Å². The van der Waals surface area contributed by atoms with Crippen LogP contribution in [0.4, 0.5) is 13.2 Å². The number of hydrogen-bond donors (Lipinski definition) is 0. The molecule has 118 valence electrons. The Morgan fingerprint density at radius 3 is 2.59 bits per heavy atom. The van der Waals surface area contributed by atoms with Crippen molar-refractivity contribution in [2.24, 2.45) is 5.16 Å². The summed E-state index contributed by atoms with van der Waals surface area (Å²) >= 11 is 0. The molecule has 7 heteroatoms. The van der Waals surface area contributed by atoms with E-state index in [0.29, 0.717) is 19.5 Å².